The van der Waals surface area contributed by atoms with Gasteiger partial charge in [-0.3, -0.25) is 19.3 Å². The summed E-state index contributed by atoms with van der Waals surface area (Å²) in [4.78, 5) is 44.3. The van der Waals surface area contributed by atoms with Crippen LogP contribution in [0.2, 0.25) is 0 Å². The summed E-state index contributed by atoms with van der Waals surface area (Å²) in [5.74, 6) is 0.428. The molecule has 0 saturated carbocycles. The van der Waals surface area contributed by atoms with E-state index in [4.69, 9.17) is 0 Å². The monoisotopic (exact) mass is 366 g/mol. The number of pyridine rings is 1. The van der Waals surface area contributed by atoms with Crippen molar-refractivity contribution in [3.8, 4) is 0 Å². The Morgan fingerprint density at radius 2 is 1.85 bits per heavy atom. The molecule has 0 unspecified atom stereocenters. The molecular formula is C20H22N4O3. The average Bonchev–Trinajstić information content (AvgIpc) is 2.86. The number of carbonyl (C=O) groups excluding carboxylic acids is 3. The topological polar surface area (TPSA) is 82.6 Å². The van der Waals surface area contributed by atoms with E-state index in [0.29, 0.717) is 23.4 Å². The molecule has 1 N–H and O–H groups in total. The number of amides is 3. The van der Waals surface area contributed by atoms with Gasteiger partial charge in [0.1, 0.15) is 11.6 Å². The highest BCUT2D eigenvalue weighted by Crippen LogP contribution is 2.24. The molecular weight excluding hydrogens is 344 g/mol. The Hall–Kier alpha value is -3.22. The maximum atomic E-state index is 12.4. The van der Waals surface area contributed by atoms with Crippen molar-refractivity contribution < 1.29 is 14.4 Å². The molecule has 140 valence electrons. The molecule has 0 saturated heterocycles. The van der Waals surface area contributed by atoms with E-state index in [1.165, 1.54) is 4.90 Å². The van der Waals surface area contributed by atoms with Crippen LogP contribution in [0.15, 0.2) is 36.4 Å². The smallest absolute Gasteiger partial charge is 0.261 e. The molecule has 3 amide bonds. The molecule has 7 heteroatoms. The van der Waals surface area contributed by atoms with Crippen LogP contribution in [-0.2, 0) is 4.79 Å². The second kappa shape index (κ2) is 7.57. The minimum atomic E-state index is -0.296. The maximum absolute atomic E-state index is 12.4. The van der Waals surface area contributed by atoms with Gasteiger partial charge in [-0.2, -0.15) is 0 Å². The largest absolute Gasteiger partial charge is 0.363 e. The van der Waals surface area contributed by atoms with E-state index in [1.807, 2.05) is 44.1 Å². The molecule has 2 heterocycles. The van der Waals surface area contributed by atoms with E-state index >= 15 is 0 Å². The molecule has 3 rings (SSSR count). The Morgan fingerprint density at radius 1 is 1.11 bits per heavy atom. The van der Waals surface area contributed by atoms with Gasteiger partial charge in [0.2, 0.25) is 5.91 Å². The number of nitrogens with one attached hydrogen (secondary N) is 1. The third-order valence-electron chi connectivity index (χ3n) is 4.37. The number of aromatic nitrogens is 1. The number of aryl methyl sites for hydroxylation is 1. The summed E-state index contributed by atoms with van der Waals surface area (Å²) in [6.45, 7) is 2.09. The summed E-state index contributed by atoms with van der Waals surface area (Å²) < 4.78 is 0. The minimum Gasteiger partial charge on any atom is -0.363 e. The molecule has 1 aromatic carbocycles. The van der Waals surface area contributed by atoms with E-state index in [1.54, 1.807) is 18.2 Å². The fourth-order valence-electron chi connectivity index (χ4n) is 2.95. The van der Waals surface area contributed by atoms with Crippen molar-refractivity contribution >= 4 is 29.4 Å². The normalized spacial score (nSPS) is 12.9. The number of imide groups is 1. The summed E-state index contributed by atoms with van der Waals surface area (Å²) >= 11 is 0. The van der Waals surface area contributed by atoms with E-state index in [2.05, 4.69) is 10.3 Å². The molecule has 27 heavy (non-hydrogen) atoms. The van der Waals surface area contributed by atoms with Gasteiger partial charge >= 0.3 is 0 Å². The number of anilines is 2. The Balaban J connectivity index is 1.54. The van der Waals surface area contributed by atoms with Crippen LogP contribution in [0.1, 0.15) is 39.1 Å². The number of hydrogen-bond acceptors (Lipinski definition) is 5. The number of fused-ring (bicyclic) bond motifs is 1. The Labute approximate surface area is 158 Å². The lowest BCUT2D eigenvalue weighted by atomic mass is 10.1. The maximum Gasteiger partial charge on any atom is 0.261 e. The van der Waals surface area contributed by atoms with Gasteiger partial charge in [0.15, 0.2) is 0 Å². The highest BCUT2D eigenvalue weighted by atomic mass is 16.2. The summed E-state index contributed by atoms with van der Waals surface area (Å²) in [7, 11) is 3.75. The summed E-state index contributed by atoms with van der Waals surface area (Å²) in [6, 6.07) is 10.6. The highest BCUT2D eigenvalue weighted by Gasteiger charge is 2.34. The molecule has 1 aliphatic rings. The first-order valence-electron chi connectivity index (χ1n) is 8.78. The predicted molar refractivity (Wildman–Crippen MR) is 103 cm³/mol. The number of carbonyl (C=O) groups is 3. The van der Waals surface area contributed by atoms with E-state index in [9.17, 15) is 14.4 Å². The van der Waals surface area contributed by atoms with Gasteiger partial charge < -0.3 is 10.2 Å². The summed E-state index contributed by atoms with van der Waals surface area (Å²) in [5.41, 5.74) is 1.80. The molecule has 7 nitrogen and oxygen atoms in total. The van der Waals surface area contributed by atoms with Gasteiger partial charge in [-0.1, -0.05) is 17.7 Å². The lowest BCUT2D eigenvalue weighted by Gasteiger charge is -2.14. The van der Waals surface area contributed by atoms with Crippen LogP contribution in [0.25, 0.3) is 0 Å². The van der Waals surface area contributed by atoms with Gasteiger partial charge in [0.05, 0.1) is 11.1 Å². The van der Waals surface area contributed by atoms with Crippen LogP contribution < -0.4 is 10.2 Å². The minimum absolute atomic E-state index is 0.195. The van der Waals surface area contributed by atoms with Gasteiger partial charge in [-0.05, 0) is 37.6 Å². The molecule has 0 fully saturated rings. The van der Waals surface area contributed by atoms with Crippen molar-refractivity contribution in [2.24, 2.45) is 0 Å². The predicted octanol–water partition coefficient (Wildman–Crippen LogP) is 2.47. The molecule has 0 spiro atoms. The first kappa shape index (κ1) is 18.6. The Bertz CT molecular complexity index is 908. The summed E-state index contributed by atoms with van der Waals surface area (Å²) in [5, 5.41) is 2.74. The van der Waals surface area contributed by atoms with E-state index in [-0.39, 0.29) is 30.7 Å². The van der Waals surface area contributed by atoms with Gasteiger partial charge in [0.25, 0.3) is 11.8 Å². The van der Waals surface area contributed by atoms with Crippen molar-refractivity contribution in [2.75, 3.05) is 30.9 Å². The van der Waals surface area contributed by atoms with Crippen molar-refractivity contribution in [3.63, 3.8) is 0 Å². The Morgan fingerprint density at radius 3 is 2.59 bits per heavy atom. The summed E-state index contributed by atoms with van der Waals surface area (Å²) in [6.07, 6.45) is 0.587. The van der Waals surface area contributed by atoms with Crippen LogP contribution in [0.4, 0.5) is 11.6 Å². The van der Waals surface area contributed by atoms with Crippen molar-refractivity contribution in [1.29, 1.82) is 0 Å². The standard InChI is InChI=1S/C20H22N4O3/c1-13-9-10-14-15(12-13)20(27)24(19(14)26)11-5-8-18(25)22-16-6-4-7-17(21-16)23(2)3/h4,6-7,9-10,12H,5,8,11H2,1-3H3,(H,21,22,25). The third kappa shape index (κ3) is 3.97. The lowest BCUT2D eigenvalue weighted by molar-refractivity contribution is -0.116. The number of hydrogen-bond donors (Lipinski definition) is 1. The average molecular weight is 366 g/mol. The number of benzene rings is 1. The zero-order valence-electron chi connectivity index (χ0n) is 15.7. The lowest BCUT2D eigenvalue weighted by Crippen LogP contribution is -2.31. The molecule has 1 aliphatic heterocycles. The SMILES string of the molecule is Cc1ccc2c(c1)C(=O)N(CCCC(=O)Nc1cccc(N(C)C)n1)C2=O. The fraction of sp³-hybridized carbons (Fsp3) is 0.300. The van der Waals surface area contributed by atoms with Crippen molar-refractivity contribution in [3.05, 3.63) is 53.1 Å². The van der Waals surface area contributed by atoms with E-state index in [0.717, 1.165) is 11.4 Å². The van der Waals surface area contributed by atoms with Crippen LogP contribution >= 0.6 is 0 Å². The van der Waals surface area contributed by atoms with Crippen LogP contribution in [0.5, 0.6) is 0 Å². The highest BCUT2D eigenvalue weighted by molar-refractivity contribution is 6.21. The first-order valence-corrected chi connectivity index (χ1v) is 8.78. The zero-order valence-corrected chi connectivity index (χ0v) is 15.7. The van der Waals surface area contributed by atoms with Gasteiger partial charge in [0, 0.05) is 27.1 Å². The van der Waals surface area contributed by atoms with Crippen molar-refractivity contribution in [2.45, 2.75) is 19.8 Å². The van der Waals surface area contributed by atoms with Crippen LogP contribution in [-0.4, -0.2) is 48.2 Å². The molecule has 0 radical (unpaired) electrons. The second-order valence-corrected chi connectivity index (χ2v) is 6.74. The molecule has 0 atom stereocenters. The van der Waals surface area contributed by atoms with Gasteiger partial charge in [-0.25, -0.2) is 4.98 Å². The molecule has 1 aromatic heterocycles. The van der Waals surface area contributed by atoms with Crippen LogP contribution in [0.3, 0.4) is 0 Å². The van der Waals surface area contributed by atoms with Crippen LogP contribution in [0, 0.1) is 6.92 Å². The van der Waals surface area contributed by atoms with Gasteiger partial charge in [-0.15, -0.1) is 0 Å². The first-order chi connectivity index (χ1) is 12.9. The number of rotatable bonds is 6. The zero-order chi connectivity index (χ0) is 19.6. The number of nitrogens with zero attached hydrogens (tertiary/aromatic N) is 3. The quantitative estimate of drug-likeness (QED) is 0.794. The second-order valence-electron chi connectivity index (χ2n) is 6.74. The van der Waals surface area contributed by atoms with Crippen molar-refractivity contribution in [1.82, 2.24) is 9.88 Å². The molecule has 2 aromatic rings. The molecule has 0 bridgehead atoms. The Kier molecular flexibility index (Phi) is 5.21. The van der Waals surface area contributed by atoms with E-state index < -0.39 is 0 Å². The molecule has 0 aliphatic carbocycles. The fourth-order valence-corrected chi connectivity index (χ4v) is 2.95. The third-order valence-corrected chi connectivity index (χ3v) is 4.37.